The number of benzene rings is 3. The average molecular weight is 539 g/mol. The van der Waals surface area contributed by atoms with Crippen molar-refractivity contribution in [3.63, 3.8) is 0 Å². The van der Waals surface area contributed by atoms with Crippen molar-refractivity contribution in [3.8, 4) is 11.6 Å². The van der Waals surface area contributed by atoms with Gasteiger partial charge in [-0.2, -0.15) is 0 Å². The third kappa shape index (κ3) is 5.78. The van der Waals surface area contributed by atoms with Gasteiger partial charge in [-0.05, 0) is 54.1 Å². The van der Waals surface area contributed by atoms with Crippen LogP contribution < -0.4 is 4.74 Å². The molecule has 2 heterocycles. The van der Waals surface area contributed by atoms with Crippen LogP contribution in [0.25, 0.3) is 10.9 Å². The zero-order valence-corrected chi connectivity index (χ0v) is 21.3. The van der Waals surface area contributed by atoms with Gasteiger partial charge >= 0.3 is 0 Å². The van der Waals surface area contributed by atoms with E-state index in [0.29, 0.717) is 58.8 Å². The lowest BCUT2D eigenvalue weighted by Gasteiger charge is -2.27. The molecule has 0 spiro atoms. The monoisotopic (exact) mass is 538 g/mol. The number of hydrogen-bond donors (Lipinski definition) is 1. The second kappa shape index (κ2) is 11.3. The third-order valence-corrected chi connectivity index (χ3v) is 6.62. The summed E-state index contributed by atoms with van der Waals surface area (Å²) < 4.78 is 12.9. The summed E-state index contributed by atoms with van der Waals surface area (Å²) in [6.45, 7) is 3.54. The molecule has 0 atom stereocenters. The molecule has 10 heteroatoms. The van der Waals surface area contributed by atoms with Crippen molar-refractivity contribution in [1.82, 2.24) is 9.47 Å². The predicted molar refractivity (Wildman–Crippen MR) is 142 cm³/mol. The summed E-state index contributed by atoms with van der Waals surface area (Å²) in [5.41, 5.74) is 2.14. The highest BCUT2D eigenvalue weighted by Crippen LogP contribution is 2.42. The molecule has 4 aromatic rings. The molecule has 1 aliphatic rings. The average Bonchev–Trinajstić information content (AvgIpc) is 3.18. The van der Waals surface area contributed by atoms with Crippen LogP contribution in [0, 0.1) is 0 Å². The van der Waals surface area contributed by atoms with E-state index in [1.807, 2.05) is 30.3 Å². The molecule has 1 aromatic heterocycles. The number of amides is 1. The van der Waals surface area contributed by atoms with E-state index in [0.717, 1.165) is 18.7 Å². The van der Waals surface area contributed by atoms with Crippen molar-refractivity contribution >= 4 is 45.7 Å². The maximum absolute atomic E-state index is 12.7. The summed E-state index contributed by atoms with van der Waals surface area (Å²) in [5, 5.41) is 20.6. The second-order valence-electron chi connectivity index (χ2n) is 8.55. The smallest absolute Gasteiger partial charge is 0.295 e. The van der Waals surface area contributed by atoms with Crippen molar-refractivity contribution in [2.24, 2.45) is 10.2 Å². The van der Waals surface area contributed by atoms with Crippen molar-refractivity contribution in [3.05, 3.63) is 87.9 Å². The molecule has 0 aliphatic carbocycles. The minimum absolute atomic E-state index is 0.101. The molecular weight excluding hydrogens is 515 g/mol. The van der Waals surface area contributed by atoms with E-state index in [-0.39, 0.29) is 11.6 Å². The summed E-state index contributed by atoms with van der Waals surface area (Å²) in [6, 6.07) is 19.4. The molecule has 1 amide bonds. The number of azo groups is 1. The molecule has 0 radical (unpaired) electrons. The van der Waals surface area contributed by atoms with Crippen molar-refractivity contribution in [2.45, 2.75) is 13.3 Å². The van der Waals surface area contributed by atoms with Gasteiger partial charge in [-0.25, -0.2) is 0 Å². The van der Waals surface area contributed by atoms with Gasteiger partial charge in [0.1, 0.15) is 12.4 Å². The fourth-order valence-corrected chi connectivity index (χ4v) is 4.62. The van der Waals surface area contributed by atoms with Crippen LogP contribution in [0.1, 0.15) is 15.9 Å². The van der Waals surface area contributed by atoms with Gasteiger partial charge in [0.15, 0.2) is 5.69 Å². The Bertz CT molecular complexity index is 1450. The quantitative estimate of drug-likeness (QED) is 0.273. The number of aromatic nitrogens is 1. The van der Waals surface area contributed by atoms with E-state index in [1.54, 1.807) is 41.0 Å². The van der Waals surface area contributed by atoms with Crippen LogP contribution in [-0.4, -0.2) is 46.8 Å². The van der Waals surface area contributed by atoms with Gasteiger partial charge in [0.05, 0.1) is 35.8 Å². The van der Waals surface area contributed by atoms with Crippen LogP contribution in [-0.2, 0) is 18.0 Å². The summed E-state index contributed by atoms with van der Waals surface area (Å²) in [5.74, 6) is -0.0538. The summed E-state index contributed by atoms with van der Waals surface area (Å²) in [6.07, 6.45) is 0. The fraction of sp³-hybridized carbons (Fsp3) is 0.222. The highest BCUT2D eigenvalue weighted by atomic mass is 35.5. The number of ether oxygens (including phenoxy) is 2. The number of halogens is 2. The number of nitrogens with zero attached hydrogens (tertiary/aromatic N) is 4. The van der Waals surface area contributed by atoms with Crippen LogP contribution in [0.3, 0.4) is 0 Å². The first-order valence-electron chi connectivity index (χ1n) is 11.7. The maximum Gasteiger partial charge on any atom is 0.295 e. The summed E-state index contributed by atoms with van der Waals surface area (Å²) in [7, 11) is 0. The number of aromatic hydroxyl groups is 1. The van der Waals surface area contributed by atoms with Gasteiger partial charge in [-0.1, -0.05) is 41.4 Å². The van der Waals surface area contributed by atoms with E-state index >= 15 is 0 Å². The van der Waals surface area contributed by atoms with Crippen LogP contribution in [0.15, 0.2) is 77.0 Å². The molecule has 1 N–H and O–H groups in total. The first-order valence-corrected chi connectivity index (χ1v) is 12.5. The molecule has 190 valence electrons. The zero-order valence-electron chi connectivity index (χ0n) is 19.8. The molecule has 1 saturated heterocycles. The second-order valence-corrected chi connectivity index (χ2v) is 9.40. The highest BCUT2D eigenvalue weighted by molar-refractivity contribution is 6.36. The largest absolute Gasteiger partial charge is 0.493 e. The summed E-state index contributed by atoms with van der Waals surface area (Å²) in [4.78, 5) is 14.9. The van der Waals surface area contributed by atoms with Crippen LogP contribution in [0.5, 0.6) is 11.6 Å². The Morgan fingerprint density at radius 3 is 2.54 bits per heavy atom. The Balaban J connectivity index is 1.33. The zero-order chi connectivity index (χ0) is 25.8. The first-order chi connectivity index (χ1) is 18.0. The topological polar surface area (TPSA) is 88.6 Å². The van der Waals surface area contributed by atoms with Crippen LogP contribution in [0.4, 0.5) is 5.69 Å². The van der Waals surface area contributed by atoms with E-state index in [2.05, 4.69) is 15.1 Å². The predicted octanol–water partition coefficient (Wildman–Crippen LogP) is 6.45. The van der Waals surface area contributed by atoms with Gasteiger partial charge in [0.2, 0.25) is 5.88 Å². The van der Waals surface area contributed by atoms with Gasteiger partial charge in [0.25, 0.3) is 5.91 Å². The van der Waals surface area contributed by atoms with Gasteiger partial charge in [-0.15, -0.1) is 10.2 Å². The number of hydrogen-bond acceptors (Lipinski definition) is 6. The number of carbonyl (C=O) groups is 1. The lowest BCUT2D eigenvalue weighted by Crippen LogP contribution is -2.37. The first kappa shape index (κ1) is 25.2. The number of morpholine rings is 1. The number of carbonyl (C=O) groups excluding carboxylic acids is 1. The highest BCUT2D eigenvalue weighted by Gasteiger charge is 2.22. The van der Waals surface area contributed by atoms with Gasteiger partial charge in [-0.3, -0.25) is 14.3 Å². The Morgan fingerprint density at radius 1 is 1.03 bits per heavy atom. The van der Waals surface area contributed by atoms with Gasteiger partial charge in [0, 0.05) is 23.7 Å². The Hall–Kier alpha value is -3.43. The molecule has 1 aliphatic heterocycles. The number of fused-ring (bicyclic) bond motifs is 1. The Morgan fingerprint density at radius 2 is 1.78 bits per heavy atom. The lowest BCUT2D eigenvalue weighted by molar-refractivity contribution is 0.0231. The van der Waals surface area contributed by atoms with Gasteiger partial charge < -0.3 is 14.6 Å². The fourth-order valence-electron chi connectivity index (χ4n) is 4.15. The summed E-state index contributed by atoms with van der Waals surface area (Å²) >= 11 is 12.5. The van der Waals surface area contributed by atoms with Crippen molar-refractivity contribution in [1.29, 1.82) is 0 Å². The Kier molecular flexibility index (Phi) is 7.71. The minimum Gasteiger partial charge on any atom is -0.493 e. The molecule has 0 saturated carbocycles. The maximum atomic E-state index is 12.7. The molecule has 3 aromatic carbocycles. The van der Waals surface area contributed by atoms with E-state index in [9.17, 15) is 9.90 Å². The van der Waals surface area contributed by atoms with Crippen molar-refractivity contribution in [2.75, 3.05) is 26.3 Å². The van der Waals surface area contributed by atoms with E-state index in [4.69, 9.17) is 32.7 Å². The van der Waals surface area contributed by atoms with Crippen LogP contribution >= 0.6 is 23.2 Å². The minimum atomic E-state index is -0.554. The normalized spacial score (nSPS) is 14.4. The van der Waals surface area contributed by atoms with Crippen molar-refractivity contribution < 1.29 is 19.4 Å². The molecule has 37 heavy (non-hydrogen) atoms. The molecule has 5 rings (SSSR count). The molecule has 0 bridgehead atoms. The molecular formula is C27H24Cl2N4O4. The molecule has 8 nitrogen and oxygen atoms in total. The molecule has 0 unspecified atom stereocenters. The standard InChI is InChI=1S/C27H24Cl2N4O4/c28-20-4-1-3-18(15-20)16-37-21-9-7-19(8-10-21)26(34)31-30-25-24-22(29)5-2-6-23(24)33(27(25)35)17-32-11-13-36-14-12-32/h1-10,15,35H,11-14,16-17H2. The SMILES string of the molecule is O=C(N=Nc1c(O)n(CN2CCOCC2)c2cccc(Cl)c12)c1ccc(OCc2cccc(Cl)c2)cc1. The number of rotatable bonds is 7. The van der Waals surface area contributed by atoms with Crippen LogP contribution in [0.2, 0.25) is 10.0 Å². The Labute approximate surface area is 223 Å². The van der Waals surface area contributed by atoms with E-state index in [1.165, 1.54) is 0 Å². The molecule has 1 fully saturated rings. The third-order valence-electron chi connectivity index (χ3n) is 6.07. The van der Waals surface area contributed by atoms with E-state index < -0.39 is 5.91 Å². The lowest BCUT2D eigenvalue weighted by atomic mass is 10.2.